The number of ether oxygens (including phenoxy) is 1. The van der Waals surface area contributed by atoms with E-state index in [0.29, 0.717) is 32.0 Å². The first-order valence-electron chi connectivity index (χ1n) is 17.8. The number of nitrogens with zero attached hydrogens (tertiary/aromatic N) is 3. The van der Waals surface area contributed by atoms with Crippen LogP contribution in [-0.4, -0.2) is 79.0 Å². The number of benzene rings is 2. The van der Waals surface area contributed by atoms with E-state index in [0.717, 1.165) is 61.0 Å². The molecule has 2 fully saturated rings. The van der Waals surface area contributed by atoms with Gasteiger partial charge in [0.05, 0.1) is 12.6 Å². The number of amides is 3. The number of Topliss-reactive ketones (excluding diaryl/α,β-unsaturated/α-hetero) is 2. The Morgan fingerprint density at radius 2 is 1.26 bits per heavy atom. The van der Waals surface area contributed by atoms with Crippen molar-refractivity contribution >= 4 is 46.9 Å². The van der Waals surface area contributed by atoms with Crippen LogP contribution in [0.5, 0.6) is 0 Å². The summed E-state index contributed by atoms with van der Waals surface area (Å²) < 4.78 is 5.21. The largest absolute Gasteiger partial charge is 0.449 e. The van der Waals surface area contributed by atoms with Gasteiger partial charge in [-0.25, -0.2) is 14.6 Å². The number of alkyl carbamates (subject to hydrolysis) is 1. The third-order valence-corrected chi connectivity index (χ3v) is 9.27. The van der Waals surface area contributed by atoms with Gasteiger partial charge in [-0.1, -0.05) is 74.9 Å². The van der Waals surface area contributed by atoms with Crippen molar-refractivity contribution in [1.82, 2.24) is 5.32 Å². The minimum atomic E-state index is -0.481. The number of hydrogen-bond acceptors (Lipinski definition) is 9. The highest BCUT2D eigenvalue weighted by molar-refractivity contribution is 6.43. The summed E-state index contributed by atoms with van der Waals surface area (Å²) in [5.41, 5.74) is 3.31. The summed E-state index contributed by atoms with van der Waals surface area (Å²) in [6, 6.07) is 15.3. The van der Waals surface area contributed by atoms with Crippen molar-refractivity contribution in [3.05, 3.63) is 59.7 Å². The van der Waals surface area contributed by atoms with Crippen molar-refractivity contribution in [2.45, 2.75) is 102 Å². The molecule has 268 valence electrons. The van der Waals surface area contributed by atoms with E-state index in [2.05, 4.69) is 10.3 Å². The van der Waals surface area contributed by atoms with E-state index in [1.165, 1.54) is 35.5 Å². The molecule has 0 radical (unpaired) electrons. The number of fused-ring (bicyclic) bond motifs is 2. The zero-order chi connectivity index (χ0) is 35.7. The van der Waals surface area contributed by atoms with Crippen LogP contribution in [-0.2, 0) is 41.6 Å². The smallest absolute Gasteiger partial charge is 0.407 e. The Labute approximate surface area is 293 Å². The van der Waals surface area contributed by atoms with Crippen LogP contribution in [0.1, 0.15) is 88.2 Å². The van der Waals surface area contributed by atoms with Crippen molar-refractivity contribution < 1.29 is 38.6 Å². The molecular weight excluding hydrogens is 640 g/mol. The van der Waals surface area contributed by atoms with Gasteiger partial charge in [0.15, 0.2) is 0 Å². The minimum Gasteiger partial charge on any atom is -0.449 e. The standard InChI is InChI=1S/C19H24N2O4.C12H13NO3.C7H11NO/c22-17-13-14-7-4-5-10-16(14)21(18(17)23)11-6-12-25-19(24)20-15-8-2-1-3-9-15;14-7-3-6-13-10-5-2-1-4-9(10)8-11(15)12(13)16;9-6-8-7-4-2-1-3-5-7/h4-5,7,10,15H,1-3,6,8-9,11-13H2,(H,20,24);1-2,4-5,14H,3,6-8H2;7H,1-5H2. The topological polar surface area (TPSA) is 163 Å². The van der Waals surface area contributed by atoms with Crippen LogP contribution < -0.4 is 15.1 Å². The van der Waals surface area contributed by atoms with Gasteiger partial charge < -0.3 is 25.0 Å². The molecule has 2 aromatic rings. The number of ketones is 2. The third kappa shape index (κ3) is 11.2. The fourth-order valence-corrected chi connectivity index (χ4v) is 6.66. The number of aliphatic hydroxyl groups is 1. The number of carbonyl (C=O) groups is 5. The monoisotopic (exact) mass is 688 g/mol. The normalized spacial score (nSPS) is 17.6. The third-order valence-electron chi connectivity index (χ3n) is 9.27. The second-order valence-corrected chi connectivity index (χ2v) is 12.9. The number of rotatable bonds is 9. The maximum absolute atomic E-state index is 12.1. The van der Waals surface area contributed by atoms with Crippen LogP contribution in [0.4, 0.5) is 16.2 Å². The zero-order valence-electron chi connectivity index (χ0n) is 28.6. The summed E-state index contributed by atoms with van der Waals surface area (Å²) in [5.74, 6) is -1.72. The Hall–Kier alpha value is -4.67. The Morgan fingerprint density at radius 3 is 1.78 bits per heavy atom. The highest BCUT2D eigenvalue weighted by Gasteiger charge is 2.31. The Balaban J connectivity index is 0.000000191. The average Bonchev–Trinajstić information content (AvgIpc) is 3.13. The van der Waals surface area contributed by atoms with E-state index in [1.807, 2.05) is 48.5 Å². The quantitative estimate of drug-likeness (QED) is 0.165. The lowest BCUT2D eigenvalue weighted by molar-refractivity contribution is -0.136. The fourth-order valence-electron chi connectivity index (χ4n) is 6.66. The molecule has 0 aromatic heterocycles. The van der Waals surface area contributed by atoms with Gasteiger partial charge in [0.1, 0.15) is 0 Å². The second kappa shape index (κ2) is 20.1. The Morgan fingerprint density at radius 1 is 0.760 bits per heavy atom. The molecule has 2 aliphatic carbocycles. The second-order valence-electron chi connectivity index (χ2n) is 12.9. The number of anilines is 2. The lowest BCUT2D eigenvalue weighted by Gasteiger charge is -2.28. The van der Waals surface area contributed by atoms with Crippen molar-refractivity contribution in [2.75, 3.05) is 36.1 Å². The molecule has 0 atom stereocenters. The van der Waals surface area contributed by atoms with E-state index in [9.17, 15) is 28.8 Å². The SMILES string of the molecule is O=C(NC1CCCCC1)OCCCN1C(=O)C(=O)Cc2ccccc21.O=C1Cc2ccccc2N(CCCO)C1=O.O=C=NC1CCCCC1. The molecule has 2 aliphatic heterocycles. The summed E-state index contributed by atoms with van der Waals surface area (Å²) in [5, 5.41) is 11.7. The van der Waals surface area contributed by atoms with Gasteiger partial charge in [-0.2, -0.15) is 0 Å². The number of nitrogens with one attached hydrogen (secondary N) is 1. The molecule has 50 heavy (non-hydrogen) atoms. The number of carbonyl (C=O) groups excluding carboxylic acids is 6. The van der Waals surface area contributed by atoms with Crippen LogP contribution in [0.25, 0.3) is 0 Å². The van der Waals surface area contributed by atoms with Crippen LogP contribution in [0.2, 0.25) is 0 Å². The molecule has 0 spiro atoms. The van der Waals surface area contributed by atoms with Crippen LogP contribution in [0, 0.1) is 0 Å². The minimum absolute atomic E-state index is 0.0140. The molecule has 0 saturated heterocycles. The zero-order valence-corrected chi connectivity index (χ0v) is 28.6. The molecule has 4 aliphatic rings. The summed E-state index contributed by atoms with van der Waals surface area (Å²) in [4.78, 5) is 75.4. The Kier molecular flexibility index (Phi) is 15.3. The predicted octanol–water partition coefficient (Wildman–Crippen LogP) is 4.78. The van der Waals surface area contributed by atoms with E-state index < -0.39 is 23.7 Å². The van der Waals surface area contributed by atoms with Gasteiger partial charge in [0.25, 0.3) is 11.8 Å². The molecular formula is C38H48N4O8. The maximum Gasteiger partial charge on any atom is 0.407 e. The first-order chi connectivity index (χ1) is 24.3. The Bertz CT molecular complexity index is 1530. The fraction of sp³-hybridized carbons (Fsp3) is 0.526. The number of isocyanates is 1. The summed E-state index contributed by atoms with van der Waals surface area (Å²) in [7, 11) is 0. The lowest BCUT2D eigenvalue weighted by atomic mass is 9.96. The van der Waals surface area contributed by atoms with E-state index >= 15 is 0 Å². The van der Waals surface area contributed by atoms with Gasteiger partial charge in [0.2, 0.25) is 17.6 Å². The molecule has 12 nitrogen and oxygen atoms in total. The number of para-hydroxylation sites is 2. The van der Waals surface area contributed by atoms with Gasteiger partial charge in [0, 0.05) is 50.0 Å². The van der Waals surface area contributed by atoms with Crippen LogP contribution in [0.15, 0.2) is 53.5 Å². The first kappa shape index (κ1) is 38.1. The number of hydrogen-bond donors (Lipinski definition) is 2. The van der Waals surface area contributed by atoms with Crippen LogP contribution in [0.3, 0.4) is 0 Å². The molecule has 0 unspecified atom stereocenters. The molecule has 12 heteroatoms. The summed E-state index contributed by atoms with van der Waals surface area (Å²) >= 11 is 0. The summed E-state index contributed by atoms with van der Waals surface area (Å²) in [6.07, 6.45) is 14.0. The average molecular weight is 689 g/mol. The number of aliphatic imine (C=N–C) groups is 1. The first-order valence-corrected chi connectivity index (χ1v) is 17.8. The van der Waals surface area contributed by atoms with Gasteiger partial charge >= 0.3 is 6.09 Å². The van der Waals surface area contributed by atoms with E-state index in [1.54, 1.807) is 6.08 Å². The van der Waals surface area contributed by atoms with Crippen LogP contribution >= 0.6 is 0 Å². The van der Waals surface area contributed by atoms with Gasteiger partial charge in [-0.15, -0.1) is 0 Å². The van der Waals surface area contributed by atoms with Crippen molar-refractivity contribution in [3.8, 4) is 0 Å². The lowest BCUT2D eigenvalue weighted by Crippen LogP contribution is -2.42. The number of aliphatic hydroxyl groups excluding tert-OH is 1. The molecule has 0 bridgehead atoms. The van der Waals surface area contributed by atoms with Crippen molar-refractivity contribution in [3.63, 3.8) is 0 Å². The molecule has 2 heterocycles. The maximum atomic E-state index is 12.1. The van der Waals surface area contributed by atoms with E-state index in [-0.39, 0.29) is 37.9 Å². The summed E-state index contributed by atoms with van der Waals surface area (Å²) in [6.45, 7) is 0.981. The van der Waals surface area contributed by atoms with Gasteiger partial charge in [-0.05, 0) is 61.8 Å². The molecule has 2 aromatic carbocycles. The molecule has 2 N–H and O–H groups in total. The highest BCUT2D eigenvalue weighted by Crippen LogP contribution is 2.27. The molecule has 6 rings (SSSR count). The predicted molar refractivity (Wildman–Crippen MR) is 188 cm³/mol. The highest BCUT2D eigenvalue weighted by atomic mass is 16.5. The molecule has 3 amide bonds. The van der Waals surface area contributed by atoms with Gasteiger partial charge in [-0.3, -0.25) is 19.2 Å². The van der Waals surface area contributed by atoms with Crippen molar-refractivity contribution in [1.29, 1.82) is 0 Å². The van der Waals surface area contributed by atoms with E-state index in [4.69, 9.17) is 9.84 Å². The van der Waals surface area contributed by atoms with Crippen molar-refractivity contribution in [2.24, 2.45) is 4.99 Å². The molecule has 2 saturated carbocycles.